The maximum absolute atomic E-state index is 12.2. The first-order valence-corrected chi connectivity index (χ1v) is 6.95. The second kappa shape index (κ2) is 5.99. The highest BCUT2D eigenvalue weighted by atomic mass is 35.5. The molecule has 0 saturated carbocycles. The molecule has 22 heavy (non-hydrogen) atoms. The number of carbonyl (C=O) groups is 1. The third-order valence-electron chi connectivity index (χ3n) is 3.15. The van der Waals surface area contributed by atoms with Gasteiger partial charge in [-0.15, -0.1) is 10.2 Å². The average molecular weight is 314 g/mol. The topological polar surface area (TPSA) is 59.2 Å². The molecule has 1 aromatic carbocycles. The molecule has 110 valence electrons. The van der Waals surface area contributed by atoms with E-state index in [9.17, 15) is 4.79 Å². The Morgan fingerprint density at radius 1 is 1.05 bits per heavy atom. The van der Waals surface area contributed by atoms with Gasteiger partial charge in [-0.05, 0) is 35.9 Å². The van der Waals surface area contributed by atoms with Crippen LogP contribution in [0.15, 0.2) is 59.0 Å². The fraction of sp³-hybridized carbons (Fsp3) is 0.0625. The van der Waals surface area contributed by atoms with E-state index < -0.39 is 0 Å². The highest BCUT2D eigenvalue weighted by molar-refractivity contribution is 6.29. The number of amides is 1. The first kappa shape index (κ1) is 14.3. The van der Waals surface area contributed by atoms with E-state index in [2.05, 4.69) is 10.2 Å². The Hall–Kier alpha value is -2.66. The molecule has 0 bridgehead atoms. The van der Waals surface area contributed by atoms with Gasteiger partial charge in [-0.3, -0.25) is 9.69 Å². The molecule has 6 heteroatoms. The molecule has 2 aromatic heterocycles. The van der Waals surface area contributed by atoms with Crippen molar-refractivity contribution in [2.75, 3.05) is 11.9 Å². The normalized spacial score (nSPS) is 10.5. The molecule has 1 amide bonds. The summed E-state index contributed by atoms with van der Waals surface area (Å²) in [5, 5.41) is 8.41. The lowest BCUT2D eigenvalue weighted by molar-refractivity contribution is 0.0965. The van der Waals surface area contributed by atoms with E-state index in [1.54, 1.807) is 13.1 Å². The Kier molecular flexibility index (Phi) is 3.89. The zero-order valence-corrected chi connectivity index (χ0v) is 12.5. The molecule has 2 heterocycles. The van der Waals surface area contributed by atoms with E-state index in [0.717, 1.165) is 11.3 Å². The van der Waals surface area contributed by atoms with Crippen molar-refractivity contribution in [2.45, 2.75) is 0 Å². The number of carbonyl (C=O) groups excluding carboxylic acids is 1. The first-order chi connectivity index (χ1) is 10.6. The van der Waals surface area contributed by atoms with Crippen LogP contribution in [0.4, 0.5) is 5.82 Å². The standard InChI is InChI=1S/C16H12ClN3O2/c1-20(16(21)13-8-9-14(17)22-13)15-10-7-12(18-19-15)11-5-3-2-4-6-11/h2-10H,1H3. The molecule has 0 spiro atoms. The van der Waals surface area contributed by atoms with Crippen molar-refractivity contribution in [1.82, 2.24) is 10.2 Å². The number of anilines is 1. The molecule has 0 atom stereocenters. The predicted octanol–water partition coefficient (Wildman–Crippen LogP) is 3.67. The molecule has 0 aliphatic rings. The maximum Gasteiger partial charge on any atom is 0.294 e. The minimum atomic E-state index is -0.339. The van der Waals surface area contributed by atoms with Gasteiger partial charge in [0.15, 0.2) is 16.8 Å². The lowest BCUT2D eigenvalue weighted by atomic mass is 10.1. The van der Waals surface area contributed by atoms with Gasteiger partial charge < -0.3 is 4.42 Å². The van der Waals surface area contributed by atoms with Crippen LogP contribution in [0.2, 0.25) is 5.22 Å². The molecule has 3 aromatic rings. The summed E-state index contributed by atoms with van der Waals surface area (Å²) in [6.07, 6.45) is 0. The van der Waals surface area contributed by atoms with E-state index in [1.165, 1.54) is 17.0 Å². The van der Waals surface area contributed by atoms with Crippen LogP contribution in [0.1, 0.15) is 10.6 Å². The van der Waals surface area contributed by atoms with Gasteiger partial charge in [-0.1, -0.05) is 30.3 Å². The Labute approximate surface area is 132 Å². The van der Waals surface area contributed by atoms with Crippen molar-refractivity contribution < 1.29 is 9.21 Å². The second-order valence-electron chi connectivity index (χ2n) is 4.61. The van der Waals surface area contributed by atoms with Crippen molar-refractivity contribution in [3.8, 4) is 11.3 Å². The molecular weight excluding hydrogens is 302 g/mol. The summed E-state index contributed by atoms with van der Waals surface area (Å²) in [6, 6.07) is 16.3. The second-order valence-corrected chi connectivity index (χ2v) is 4.98. The summed E-state index contributed by atoms with van der Waals surface area (Å²) < 4.78 is 5.11. The predicted molar refractivity (Wildman–Crippen MR) is 83.9 cm³/mol. The number of benzene rings is 1. The molecule has 3 rings (SSSR count). The van der Waals surface area contributed by atoms with Crippen LogP contribution in [0.3, 0.4) is 0 Å². The van der Waals surface area contributed by atoms with Crippen LogP contribution in [0, 0.1) is 0 Å². The van der Waals surface area contributed by atoms with Gasteiger partial charge in [0, 0.05) is 12.6 Å². The maximum atomic E-state index is 12.2. The lowest BCUT2D eigenvalue weighted by Gasteiger charge is -2.14. The summed E-state index contributed by atoms with van der Waals surface area (Å²) in [7, 11) is 1.60. The van der Waals surface area contributed by atoms with Crippen molar-refractivity contribution in [3.05, 3.63) is 65.6 Å². The molecule has 5 nitrogen and oxygen atoms in total. The van der Waals surface area contributed by atoms with Crippen LogP contribution in [0.25, 0.3) is 11.3 Å². The fourth-order valence-corrected chi connectivity index (χ4v) is 2.11. The zero-order valence-electron chi connectivity index (χ0n) is 11.7. The highest BCUT2D eigenvalue weighted by Crippen LogP contribution is 2.20. The number of halogens is 1. The summed E-state index contributed by atoms with van der Waals surface area (Å²) >= 11 is 5.68. The summed E-state index contributed by atoms with van der Waals surface area (Å²) in [4.78, 5) is 13.6. The number of hydrogen-bond acceptors (Lipinski definition) is 4. The lowest BCUT2D eigenvalue weighted by Crippen LogP contribution is -2.26. The van der Waals surface area contributed by atoms with Gasteiger partial charge in [0.25, 0.3) is 5.91 Å². The van der Waals surface area contributed by atoms with Gasteiger partial charge >= 0.3 is 0 Å². The van der Waals surface area contributed by atoms with Crippen LogP contribution in [0.5, 0.6) is 0 Å². The van der Waals surface area contributed by atoms with Gasteiger partial charge in [-0.25, -0.2) is 0 Å². The fourth-order valence-electron chi connectivity index (χ4n) is 1.97. The molecule has 0 N–H and O–H groups in total. The van der Waals surface area contributed by atoms with Gasteiger partial charge in [0.05, 0.1) is 5.69 Å². The van der Waals surface area contributed by atoms with Crippen molar-refractivity contribution >= 4 is 23.3 Å². The third kappa shape index (κ3) is 2.84. The van der Waals surface area contributed by atoms with E-state index in [4.69, 9.17) is 16.0 Å². The molecule has 0 aliphatic heterocycles. The average Bonchev–Trinajstić information content (AvgIpc) is 3.01. The molecule has 0 aliphatic carbocycles. The number of rotatable bonds is 3. The van der Waals surface area contributed by atoms with Crippen molar-refractivity contribution in [3.63, 3.8) is 0 Å². The van der Waals surface area contributed by atoms with Gasteiger partial charge in [0.2, 0.25) is 0 Å². The monoisotopic (exact) mass is 313 g/mol. The van der Waals surface area contributed by atoms with Crippen LogP contribution < -0.4 is 4.90 Å². The number of nitrogens with zero attached hydrogens (tertiary/aromatic N) is 3. The number of aromatic nitrogens is 2. The molecule has 0 radical (unpaired) electrons. The summed E-state index contributed by atoms with van der Waals surface area (Å²) in [5.74, 6) is 0.243. The van der Waals surface area contributed by atoms with Crippen LogP contribution >= 0.6 is 11.6 Å². The minimum Gasteiger partial charge on any atom is -0.440 e. The highest BCUT2D eigenvalue weighted by Gasteiger charge is 2.18. The van der Waals surface area contributed by atoms with Crippen LogP contribution in [-0.2, 0) is 0 Å². The largest absolute Gasteiger partial charge is 0.440 e. The Morgan fingerprint density at radius 2 is 1.82 bits per heavy atom. The van der Waals surface area contributed by atoms with Crippen LogP contribution in [-0.4, -0.2) is 23.2 Å². The quantitative estimate of drug-likeness (QED) is 0.740. The van der Waals surface area contributed by atoms with E-state index in [0.29, 0.717) is 5.82 Å². The zero-order chi connectivity index (χ0) is 15.5. The van der Waals surface area contributed by atoms with Crippen molar-refractivity contribution in [2.24, 2.45) is 0 Å². The van der Waals surface area contributed by atoms with E-state index >= 15 is 0 Å². The molecule has 0 saturated heterocycles. The Balaban J connectivity index is 1.82. The first-order valence-electron chi connectivity index (χ1n) is 6.58. The minimum absolute atomic E-state index is 0.154. The Bertz CT molecular complexity index is 785. The molecule has 0 fully saturated rings. The number of furan rings is 1. The summed E-state index contributed by atoms with van der Waals surface area (Å²) in [6.45, 7) is 0. The SMILES string of the molecule is CN(C(=O)c1ccc(Cl)o1)c1ccc(-c2ccccc2)nn1. The summed E-state index contributed by atoms with van der Waals surface area (Å²) in [5.41, 5.74) is 1.71. The third-order valence-corrected chi connectivity index (χ3v) is 3.36. The molecule has 0 unspecified atom stereocenters. The van der Waals surface area contributed by atoms with Gasteiger partial charge in [-0.2, -0.15) is 0 Å². The van der Waals surface area contributed by atoms with Crippen molar-refractivity contribution in [1.29, 1.82) is 0 Å². The number of hydrogen-bond donors (Lipinski definition) is 0. The smallest absolute Gasteiger partial charge is 0.294 e. The Morgan fingerprint density at radius 3 is 2.41 bits per heavy atom. The van der Waals surface area contributed by atoms with Gasteiger partial charge in [0.1, 0.15) is 0 Å². The van der Waals surface area contributed by atoms with E-state index in [-0.39, 0.29) is 16.9 Å². The van der Waals surface area contributed by atoms with E-state index in [1.807, 2.05) is 36.4 Å². The molecular formula is C16H12ClN3O2.